The second kappa shape index (κ2) is 10.3. The molecule has 2 aromatic carbocycles. The van der Waals surface area contributed by atoms with E-state index in [1.54, 1.807) is 0 Å². The highest BCUT2D eigenvalue weighted by molar-refractivity contribution is 6.02. The van der Waals surface area contributed by atoms with Gasteiger partial charge in [0.1, 0.15) is 0 Å². The Labute approximate surface area is 189 Å². The van der Waals surface area contributed by atoms with Crippen molar-refractivity contribution in [3.8, 4) is 0 Å². The van der Waals surface area contributed by atoms with E-state index in [1.807, 2.05) is 12.2 Å². The number of hydrogen-bond donors (Lipinski definition) is 0. The fourth-order valence-electron chi connectivity index (χ4n) is 5.41. The molecule has 2 aliphatic rings. The van der Waals surface area contributed by atoms with Gasteiger partial charge in [-0.2, -0.15) is 0 Å². The van der Waals surface area contributed by atoms with Crippen molar-refractivity contribution in [2.24, 2.45) is 5.92 Å². The molecule has 2 heteroatoms. The summed E-state index contributed by atoms with van der Waals surface area (Å²) < 4.78 is 0. The van der Waals surface area contributed by atoms with Crippen LogP contribution in [0.1, 0.15) is 88.4 Å². The zero-order chi connectivity index (χ0) is 21.6. The SMILES string of the molecule is CCCCN(CCC)c1ccc(Cc2ccc3c(c2)C(C2CCCC2)C(=O)C=C3)cc1.[HH]. The zero-order valence-electron chi connectivity index (χ0n) is 19.3. The first kappa shape index (κ1) is 21.9. The molecule has 166 valence electrons. The number of nitrogens with zero attached hydrogens (tertiary/aromatic N) is 1. The minimum Gasteiger partial charge on any atom is -0.372 e. The number of hydrogen-bond acceptors (Lipinski definition) is 2. The fraction of sp³-hybridized carbons (Fsp3) is 0.483. The molecule has 2 aromatic rings. The van der Waals surface area contributed by atoms with Crippen molar-refractivity contribution in [3.63, 3.8) is 0 Å². The van der Waals surface area contributed by atoms with Gasteiger partial charge in [-0.1, -0.05) is 69.5 Å². The highest BCUT2D eigenvalue weighted by atomic mass is 16.1. The van der Waals surface area contributed by atoms with Gasteiger partial charge in [-0.25, -0.2) is 0 Å². The van der Waals surface area contributed by atoms with E-state index in [1.165, 1.54) is 72.9 Å². The van der Waals surface area contributed by atoms with Gasteiger partial charge in [0.25, 0.3) is 0 Å². The van der Waals surface area contributed by atoms with E-state index in [4.69, 9.17) is 0 Å². The van der Waals surface area contributed by atoms with Gasteiger partial charge in [0.2, 0.25) is 0 Å². The van der Waals surface area contributed by atoms with Gasteiger partial charge >= 0.3 is 0 Å². The molecule has 0 N–H and O–H groups in total. The van der Waals surface area contributed by atoms with Crippen LogP contribution in [0.4, 0.5) is 5.69 Å². The average molecular weight is 418 g/mol. The predicted octanol–water partition coefficient (Wildman–Crippen LogP) is 7.41. The third-order valence-corrected chi connectivity index (χ3v) is 7.08. The Morgan fingerprint density at radius 1 is 0.903 bits per heavy atom. The molecule has 1 saturated carbocycles. The molecule has 0 amide bonds. The topological polar surface area (TPSA) is 20.3 Å². The highest BCUT2D eigenvalue weighted by Gasteiger charge is 2.33. The summed E-state index contributed by atoms with van der Waals surface area (Å²) in [7, 11) is 0. The van der Waals surface area contributed by atoms with E-state index in [9.17, 15) is 4.79 Å². The number of carbonyl (C=O) groups excluding carboxylic acids is 1. The minimum atomic E-state index is 0. The summed E-state index contributed by atoms with van der Waals surface area (Å²) in [4.78, 5) is 15.3. The molecule has 1 fully saturated rings. The van der Waals surface area contributed by atoms with Crippen LogP contribution in [0.5, 0.6) is 0 Å². The van der Waals surface area contributed by atoms with Crippen LogP contribution in [-0.2, 0) is 11.2 Å². The molecule has 2 nitrogen and oxygen atoms in total. The second-order valence-corrected chi connectivity index (χ2v) is 9.41. The van der Waals surface area contributed by atoms with Crippen molar-refractivity contribution in [2.45, 2.75) is 71.1 Å². The van der Waals surface area contributed by atoms with Crippen molar-refractivity contribution >= 4 is 17.5 Å². The van der Waals surface area contributed by atoms with E-state index in [-0.39, 0.29) is 7.34 Å². The van der Waals surface area contributed by atoms with Gasteiger partial charge in [0.05, 0.1) is 5.92 Å². The van der Waals surface area contributed by atoms with Gasteiger partial charge in [-0.15, -0.1) is 0 Å². The highest BCUT2D eigenvalue weighted by Crippen LogP contribution is 2.41. The first-order valence-electron chi connectivity index (χ1n) is 12.4. The quantitative estimate of drug-likeness (QED) is 0.423. The van der Waals surface area contributed by atoms with Gasteiger partial charge in [-0.05, 0) is 78.5 Å². The summed E-state index contributed by atoms with van der Waals surface area (Å²) in [6.07, 6.45) is 13.3. The third-order valence-electron chi connectivity index (χ3n) is 7.08. The minimum absolute atomic E-state index is 0. The zero-order valence-corrected chi connectivity index (χ0v) is 19.3. The van der Waals surface area contributed by atoms with Crippen LogP contribution in [0.25, 0.3) is 6.08 Å². The number of benzene rings is 2. The van der Waals surface area contributed by atoms with E-state index >= 15 is 0 Å². The van der Waals surface area contributed by atoms with E-state index in [0.717, 1.165) is 19.5 Å². The molecule has 1 unspecified atom stereocenters. The van der Waals surface area contributed by atoms with Crippen LogP contribution in [-0.4, -0.2) is 18.9 Å². The van der Waals surface area contributed by atoms with Crippen molar-refractivity contribution in [2.75, 3.05) is 18.0 Å². The molecule has 4 rings (SSSR count). The third kappa shape index (κ3) is 5.11. The summed E-state index contributed by atoms with van der Waals surface area (Å²) in [5, 5.41) is 0. The smallest absolute Gasteiger partial charge is 0.163 e. The van der Waals surface area contributed by atoms with Gasteiger partial charge in [0, 0.05) is 20.2 Å². The Hall–Kier alpha value is -2.35. The summed E-state index contributed by atoms with van der Waals surface area (Å²) in [5.74, 6) is 0.911. The molecule has 0 saturated heterocycles. The number of carbonyl (C=O) groups is 1. The predicted molar refractivity (Wildman–Crippen MR) is 134 cm³/mol. The normalized spacial score (nSPS) is 18.4. The lowest BCUT2D eigenvalue weighted by molar-refractivity contribution is -0.117. The van der Waals surface area contributed by atoms with Gasteiger partial charge in [0.15, 0.2) is 5.78 Å². The van der Waals surface area contributed by atoms with Crippen LogP contribution < -0.4 is 4.90 Å². The molecule has 0 radical (unpaired) electrons. The summed E-state index contributed by atoms with van der Waals surface area (Å²) in [6.45, 7) is 6.77. The Morgan fingerprint density at radius 2 is 1.65 bits per heavy atom. The molecule has 0 spiro atoms. The van der Waals surface area contributed by atoms with Crippen LogP contribution in [0.2, 0.25) is 0 Å². The second-order valence-electron chi connectivity index (χ2n) is 9.41. The number of anilines is 1. The Balaban J connectivity index is 0.00000289. The van der Waals surface area contributed by atoms with Crippen LogP contribution in [0.3, 0.4) is 0 Å². The number of allylic oxidation sites excluding steroid dienone is 1. The van der Waals surface area contributed by atoms with Crippen molar-refractivity contribution < 1.29 is 6.22 Å². The average Bonchev–Trinajstić information content (AvgIpc) is 3.31. The fourth-order valence-corrected chi connectivity index (χ4v) is 5.41. The molecular formula is C29H39NO. The number of unbranched alkanes of at least 4 members (excludes halogenated alkanes) is 1. The molecule has 2 aliphatic carbocycles. The van der Waals surface area contributed by atoms with Crippen LogP contribution >= 0.6 is 0 Å². The van der Waals surface area contributed by atoms with E-state index in [2.05, 4.69) is 61.2 Å². The molecule has 0 heterocycles. The lowest BCUT2D eigenvalue weighted by Crippen LogP contribution is -2.25. The molecule has 0 aliphatic heterocycles. The maximum Gasteiger partial charge on any atom is 0.163 e. The Kier molecular flexibility index (Phi) is 7.27. The largest absolute Gasteiger partial charge is 0.372 e. The van der Waals surface area contributed by atoms with Crippen LogP contribution in [0, 0.1) is 5.92 Å². The number of rotatable bonds is 9. The maximum atomic E-state index is 12.8. The van der Waals surface area contributed by atoms with Crippen molar-refractivity contribution in [3.05, 3.63) is 70.8 Å². The first-order chi connectivity index (χ1) is 15.2. The Morgan fingerprint density at radius 3 is 2.35 bits per heavy atom. The summed E-state index contributed by atoms with van der Waals surface area (Å²) in [5.41, 5.74) is 6.49. The number of ketones is 1. The summed E-state index contributed by atoms with van der Waals surface area (Å²) in [6, 6.07) is 15.9. The van der Waals surface area contributed by atoms with E-state index < -0.39 is 0 Å². The monoisotopic (exact) mass is 417 g/mol. The lowest BCUT2D eigenvalue weighted by Gasteiger charge is -2.26. The number of fused-ring (bicyclic) bond motifs is 1. The van der Waals surface area contributed by atoms with Crippen molar-refractivity contribution in [1.29, 1.82) is 0 Å². The van der Waals surface area contributed by atoms with Gasteiger partial charge < -0.3 is 4.90 Å². The summed E-state index contributed by atoms with van der Waals surface area (Å²) >= 11 is 0. The Bertz CT molecular complexity index is 911. The molecule has 1 atom stereocenters. The van der Waals surface area contributed by atoms with Crippen LogP contribution in [0.15, 0.2) is 48.5 Å². The van der Waals surface area contributed by atoms with E-state index in [0.29, 0.717) is 11.7 Å². The van der Waals surface area contributed by atoms with Crippen molar-refractivity contribution in [1.82, 2.24) is 0 Å². The van der Waals surface area contributed by atoms with Gasteiger partial charge in [-0.3, -0.25) is 4.79 Å². The standard InChI is InChI=1S/C29H37NO.H2/c1-3-5-19-30(18-4-2)26-15-11-22(12-16-26)20-23-10-13-24-14-17-28(31)29(27(24)21-23)25-8-6-7-9-25;/h10-17,21,25,29H,3-9,18-20H2,1-2H3;1H. The molecular weight excluding hydrogens is 378 g/mol. The maximum absolute atomic E-state index is 12.8. The molecule has 0 bridgehead atoms. The first-order valence-corrected chi connectivity index (χ1v) is 12.4. The lowest BCUT2D eigenvalue weighted by atomic mass is 9.76. The molecule has 31 heavy (non-hydrogen) atoms. The molecule has 0 aromatic heterocycles.